The first-order valence-electron chi connectivity index (χ1n) is 7.29. The van der Waals surface area contributed by atoms with Crippen LogP contribution in [0.2, 0.25) is 0 Å². The summed E-state index contributed by atoms with van der Waals surface area (Å²) >= 11 is 1.64. The number of aromatic nitrogens is 2. The number of ether oxygens (including phenoxy) is 1. The summed E-state index contributed by atoms with van der Waals surface area (Å²) < 4.78 is 5.68. The predicted octanol–water partition coefficient (Wildman–Crippen LogP) is 2.21. The summed E-state index contributed by atoms with van der Waals surface area (Å²) in [5.74, 6) is 0.264. The van der Waals surface area contributed by atoms with Gasteiger partial charge in [-0.1, -0.05) is 6.07 Å². The summed E-state index contributed by atoms with van der Waals surface area (Å²) in [5.41, 5.74) is 5.42. The average Bonchev–Trinajstić information content (AvgIpc) is 3.19. The van der Waals surface area contributed by atoms with Crippen LogP contribution in [0.1, 0.15) is 17.7 Å². The van der Waals surface area contributed by atoms with Crippen LogP contribution in [0, 0.1) is 10.1 Å². The van der Waals surface area contributed by atoms with Crippen LogP contribution in [0.3, 0.4) is 0 Å². The van der Waals surface area contributed by atoms with Gasteiger partial charge in [0.05, 0.1) is 17.6 Å². The fourth-order valence-corrected chi connectivity index (χ4v) is 3.23. The SMILES string of the molecule is Nc1nc(N(Cc2cccs2)CC2CCCO2)ncc1[N+](=O)[O-]. The molecule has 2 aromatic rings. The minimum absolute atomic E-state index is 0.120. The number of nitrogens with two attached hydrogens (primary N) is 1. The summed E-state index contributed by atoms with van der Waals surface area (Å²) in [6.45, 7) is 2.02. The van der Waals surface area contributed by atoms with Crippen LogP contribution in [-0.2, 0) is 11.3 Å². The molecule has 1 fully saturated rings. The molecule has 3 rings (SSSR count). The molecule has 9 heteroatoms. The van der Waals surface area contributed by atoms with Gasteiger partial charge >= 0.3 is 5.69 Å². The van der Waals surface area contributed by atoms with E-state index >= 15 is 0 Å². The van der Waals surface area contributed by atoms with Gasteiger partial charge in [-0.2, -0.15) is 4.98 Å². The van der Waals surface area contributed by atoms with Gasteiger partial charge in [0, 0.05) is 18.0 Å². The molecule has 8 nitrogen and oxygen atoms in total. The van der Waals surface area contributed by atoms with E-state index in [2.05, 4.69) is 9.97 Å². The standard InChI is InChI=1S/C14H17N5O3S/c15-13-12(19(20)21)7-16-14(17-13)18(8-10-3-1-5-22-10)9-11-4-2-6-23-11/h2,4,6-7,10H,1,3,5,8-9H2,(H2,15,16,17). The molecule has 1 atom stereocenters. The highest BCUT2D eigenvalue weighted by Crippen LogP contribution is 2.24. The topological polar surface area (TPSA) is 107 Å². The van der Waals surface area contributed by atoms with Gasteiger partial charge in [0.25, 0.3) is 0 Å². The van der Waals surface area contributed by atoms with Gasteiger partial charge in [-0.3, -0.25) is 10.1 Å². The molecule has 3 heterocycles. The van der Waals surface area contributed by atoms with Crippen LogP contribution in [-0.4, -0.2) is 34.1 Å². The Kier molecular flexibility index (Phi) is 4.68. The van der Waals surface area contributed by atoms with Gasteiger partial charge in [-0.15, -0.1) is 11.3 Å². The van der Waals surface area contributed by atoms with E-state index in [0.717, 1.165) is 30.5 Å². The van der Waals surface area contributed by atoms with E-state index in [9.17, 15) is 10.1 Å². The number of nitro groups is 1. The molecule has 0 saturated carbocycles. The van der Waals surface area contributed by atoms with Crippen LogP contribution in [0.25, 0.3) is 0 Å². The second-order valence-corrected chi connectivity index (χ2v) is 6.32. The average molecular weight is 335 g/mol. The molecular formula is C14H17N5O3S. The number of hydrogen-bond donors (Lipinski definition) is 1. The third kappa shape index (κ3) is 3.74. The molecule has 0 aromatic carbocycles. The molecule has 1 aliphatic rings. The van der Waals surface area contributed by atoms with Crippen molar-refractivity contribution in [2.45, 2.75) is 25.5 Å². The van der Waals surface area contributed by atoms with Crippen LogP contribution in [0.5, 0.6) is 0 Å². The second-order valence-electron chi connectivity index (χ2n) is 5.29. The van der Waals surface area contributed by atoms with Crippen molar-refractivity contribution < 1.29 is 9.66 Å². The highest BCUT2D eigenvalue weighted by Gasteiger charge is 2.23. The smallest absolute Gasteiger partial charge is 0.329 e. The van der Waals surface area contributed by atoms with E-state index in [1.54, 1.807) is 11.3 Å². The molecule has 0 spiro atoms. The molecule has 0 bridgehead atoms. The van der Waals surface area contributed by atoms with E-state index in [1.807, 2.05) is 22.4 Å². The fraction of sp³-hybridized carbons (Fsp3) is 0.429. The highest BCUT2D eigenvalue weighted by atomic mass is 32.1. The van der Waals surface area contributed by atoms with Crippen molar-refractivity contribution in [2.75, 3.05) is 23.8 Å². The van der Waals surface area contributed by atoms with E-state index in [-0.39, 0.29) is 17.6 Å². The fourth-order valence-electron chi connectivity index (χ4n) is 2.51. The number of hydrogen-bond acceptors (Lipinski definition) is 8. The first-order valence-corrected chi connectivity index (χ1v) is 8.17. The minimum atomic E-state index is -0.581. The van der Waals surface area contributed by atoms with Gasteiger partial charge in [-0.05, 0) is 24.3 Å². The Bertz CT molecular complexity index is 673. The lowest BCUT2D eigenvalue weighted by Gasteiger charge is -2.25. The second kappa shape index (κ2) is 6.88. The molecule has 2 N–H and O–H groups in total. The first-order chi connectivity index (χ1) is 11.1. The van der Waals surface area contributed by atoms with E-state index in [1.165, 1.54) is 0 Å². The lowest BCUT2D eigenvalue weighted by atomic mass is 10.2. The third-order valence-electron chi connectivity index (χ3n) is 3.64. The van der Waals surface area contributed by atoms with Gasteiger partial charge in [0.1, 0.15) is 6.20 Å². The molecule has 1 saturated heterocycles. The molecule has 0 amide bonds. The Balaban J connectivity index is 1.84. The van der Waals surface area contributed by atoms with Crippen molar-refractivity contribution in [3.63, 3.8) is 0 Å². The summed E-state index contributed by atoms with van der Waals surface area (Å²) in [5, 5.41) is 12.9. The van der Waals surface area contributed by atoms with Crippen molar-refractivity contribution in [1.29, 1.82) is 0 Å². The van der Waals surface area contributed by atoms with Crippen LogP contribution in [0.4, 0.5) is 17.5 Å². The molecule has 2 aromatic heterocycles. The summed E-state index contributed by atoms with van der Waals surface area (Å²) in [7, 11) is 0. The Labute approximate surface area is 137 Å². The molecule has 1 aliphatic heterocycles. The van der Waals surface area contributed by atoms with Crippen LogP contribution in [0.15, 0.2) is 23.7 Å². The molecule has 0 radical (unpaired) electrons. The molecule has 0 aliphatic carbocycles. The van der Waals surface area contributed by atoms with Gasteiger partial charge in [0.2, 0.25) is 11.8 Å². The molecule has 1 unspecified atom stereocenters. The number of nitrogens with zero attached hydrogens (tertiary/aromatic N) is 4. The largest absolute Gasteiger partial charge is 0.378 e. The third-order valence-corrected chi connectivity index (χ3v) is 4.50. The Morgan fingerprint density at radius 3 is 3.04 bits per heavy atom. The molecule has 23 heavy (non-hydrogen) atoms. The first kappa shape index (κ1) is 15.6. The van der Waals surface area contributed by atoms with Crippen molar-refractivity contribution in [1.82, 2.24) is 9.97 Å². The zero-order chi connectivity index (χ0) is 16.2. The maximum Gasteiger partial charge on any atom is 0.329 e. The van der Waals surface area contributed by atoms with Crippen LogP contribution >= 0.6 is 11.3 Å². The van der Waals surface area contributed by atoms with E-state index < -0.39 is 4.92 Å². The monoisotopic (exact) mass is 335 g/mol. The van der Waals surface area contributed by atoms with Crippen molar-refractivity contribution in [2.24, 2.45) is 0 Å². The Morgan fingerprint density at radius 2 is 2.43 bits per heavy atom. The number of thiophene rings is 1. The highest BCUT2D eigenvalue weighted by molar-refractivity contribution is 7.09. The normalized spacial score (nSPS) is 17.3. The molecular weight excluding hydrogens is 318 g/mol. The number of anilines is 2. The zero-order valence-corrected chi connectivity index (χ0v) is 13.2. The van der Waals surface area contributed by atoms with Crippen molar-refractivity contribution in [3.8, 4) is 0 Å². The van der Waals surface area contributed by atoms with Crippen molar-refractivity contribution >= 4 is 28.8 Å². The van der Waals surface area contributed by atoms with E-state index in [4.69, 9.17) is 10.5 Å². The number of nitrogen functional groups attached to an aromatic ring is 1. The Morgan fingerprint density at radius 1 is 1.57 bits per heavy atom. The quantitative estimate of drug-likeness (QED) is 0.637. The van der Waals surface area contributed by atoms with Gasteiger partial charge < -0.3 is 15.4 Å². The predicted molar refractivity (Wildman–Crippen MR) is 87.4 cm³/mol. The Hall–Kier alpha value is -2.26. The zero-order valence-electron chi connectivity index (χ0n) is 12.4. The lowest BCUT2D eigenvalue weighted by Crippen LogP contribution is -2.33. The summed E-state index contributed by atoms with van der Waals surface area (Å²) in [6.07, 6.45) is 3.31. The maximum atomic E-state index is 10.9. The van der Waals surface area contributed by atoms with Crippen LogP contribution < -0.4 is 10.6 Å². The van der Waals surface area contributed by atoms with E-state index in [0.29, 0.717) is 19.0 Å². The van der Waals surface area contributed by atoms with Gasteiger partial charge in [0.15, 0.2) is 0 Å². The van der Waals surface area contributed by atoms with Gasteiger partial charge in [-0.25, -0.2) is 4.98 Å². The van der Waals surface area contributed by atoms with Crippen molar-refractivity contribution in [3.05, 3.63) is 38.7 Å². The minimum Gasteiger partial charge on any atom is -0.378 e. The number of rotatable bonds is 6. The lowest BCUT2D eigenvalue weighted by molar-refractivity contribution is -0.384. The molecule has 122 valence electrons. The summed E-state index contributed by atoms with van der Waals surface area (Å²) in [6, 6.07) is 4.01. The summed E-state index contributed by atoms with van der Waals surface area (Å²) in [4.78, 5) is 21.6. The maximum absolute atomic E-state index is 10.9.